The third-order valence-corrected chi connectivity index (χ3v) is 5.07. The number of carbonyl (C=O) groups excluding carboxylic acids is 1. The molecule has 2 aromatic carbocycles. The Morgan fingerprint density at radius 3 is 2.77 bits per heavy atom. The minimum atomic E-state index is -0.955. The van der Waals surface area contributed by atoms with Gasteiger partial charge < -0.3 is 15.2 Å². The fourth-order valence-electron chi connectivity index (χ4n) is 3.57. The number of rotatable bonds is 4. The topological polar surface area (TPSA) is 78.9 Å². The second-order valence-electron chi connectivity index (χ2n) is 7.63. The van der Waals surface area contributed by atoms with Crippen LogP contribution in [0.5, 0.6) is 5.75 Å². The summed E-state index contributed by atoms with van der Waals surface area (Å²) in [6.45, 7) is 1.25. The van der Waals surface area contributed by atoms with E-state index in [2.05, 4.69) is 5.32 Å². The summed E-state index contributed by atoms with van der Waals surface area (Å²) >= 11 is 0. The van der Waals surface area contributed by atoms with Gasteiger partial charge in [-0.15, -0.1) is 0 Å². The van der Waals surface area contributed by atoms with Gasteiger partial charge >= 0.3 is 5.97 Å². The van der Waals surface area contributed by atoms with Crippen molar-refractivity contribution in [1.29, 1.82) is 0 Å². The lowest BCUT2D eigenvalue weighted by Crippen LogP contribution is -2.37. The van der Waals surface area contributed by atoms with Gasteiger partial charge in [-0.2, -0.15) is 0 Å². The van der Waals surface area contributed by atoms with Crippen LogP contribution in [-0.4, -0.2) is 41.6 Å². The minimum absolute atomic E-state index is 0.0135. The molecule has 2 aromatic rings. The second-order valence-corrected chi connectivity index (χ2v) is 7.63. The summed E-state index contributed by atoms with van der Waals surface area (Å²) in [7, 11) is 0. The Labute approximate surface area is 179 Å². The zero-order chi connectivity index (χ0) is 22.2. The molecule has 0 atom stereocenters. The molecule has 0 aromatic heterocycles. The maximum absolute atomic E-state index is 14.3. The normalized spacial score (nSPS) is 16.1. The number of nitrogens with one attached hydrogen (secondary N) is 1. The first-order chi connectivity index (χ1) is 14.9. The van der Waals surface area contributed by atoms with E-state index in [9.17, 15) is 18.4 Å². The molecule has 2 N–H and O–H groups in total. The van der Waals surface area contributed by atoms with Gasteiger partial charge in [-0.3, -0.25) is 14.5 Å². The molecular formula is C23H26F2N2O4. The Hall–Kier alpha value is -3.00. The molecule has 0 saturated heterocycles. The van der Waals surface area contributed by atoms with Crippen molar-refractivity contribution >= 4 is 11.9 Å². The van der Waals surface area contributed by atoms with Crippen molar-refractivity contribution in [3.63, 3.8) is 0 Å². The first-order valence-electron chi connectivity index (χ1n) is 10.3. The van der Waals surface area contributed by atoms with Crippen LogP contribution in [0, 0.1) is 11.6 Å². The van der Waals surface area contributed by atoms with E-state index >= 15 is 0 Å². The monoisotopic (exact) mass is 432 g/mol. The maximum Gasteiger partial charge on any atom is 0.307 e. The maximum atomic E-state index is 14.3. The van der Waals surface area contributed by atoms with Gasteiger partial charge in [0.15, 0.2) is 11.6 Å². The smallest absolute Gasteiger partial charge is 0.307 e. The average Bonchev–Trinajstić information content (AvgIpc) is 2.72. The molecule has 8 heteroatoms. The molecule has 1 aliphatic rings. The highest BCUT2D eigenvalue weighted by Crippen LogP contribution is 2.24. The molecule has 0 bridgehead atoms. The number of aliphatic carboxylic acids is 1. The predicted molar refractivity (Wildman–Crippen MR) is 111 cm³/mol. The average molecular weight is 432 g/mol. The molecule has 166 valence electrons. The third-order valence-electron chi connectivity index (χ3n) is 5.07. The van der Waals surface area contributed by atoms with E-state index in [4.69, 9.17) is 9.84 Å². The summed E-state index contributed by atoms with van der Waals surface area (Å²) in [5, 5.41) is 12.0. The first-order valence-corrected chi connectivity index (χ1v) is 10.3. The number of carboxylic acid groups (broad SMARTS) is 1. The number of fused-ring (bicyclic) bond motifs is 1. The largest absolute Gasteiger partial charge is 0.493 e. The van der Waals surface area contributed by atoms with E-state index in [0.717, 1.165) is 25.3 Å². The molecule has 6 nitrogen and oxygen atoms in total. The van der Waals surface area contributed by atoms with Gasteiger partial charge in [0.1, 0.15) is 5.75 Å². The van der Waals surface area contributed by atoms with Crippen LogP contribution in [-0.2, 0) is 29.1 Å². The van der Waals surface area contributed by atoms with Crippen LogP contribution in [0.15, 0.2) is 36.4 Å². The van der Waals surface area contributed by atoms with Crippen molar-refractivity contribution in [3.8, 4) is 5.75 Å². The minimum Gasteiger partial charge on any atom is -0.493 e. The SMILES string of the molecule is O=C(O)Cc1ccc2c(c1)CN(Cc1cccc(F)c1F)CC(=O)NCCCCCO2. The molecule has 0 aliphatic carbocycles. The van der Waals surface area contributed by atoms with Crippen molar-refractivity contribution in [2.24, 2.45) is 0 Å². The highest BCUT2D eigenvalue weighted by atomic mass is 19.2. The van der Waals surface area contributed by atoms with Gasteiger partial charge in [-0.05, 0) is 37.0 Å². The number of carbonyl (C=O) groups is 2. The van der Waals surface area contributed by atoms with Gasteiger partial charge in [0.05, 0.1) is 19.6 Å². The Balaban J connectivity index is 1.92. The van der Waals surface area contributed by atoms with Gasteiger partial charge in [0.25, 0.3) is 0 Å². The molecule has 1 heterocycles. The van der Waals surface area contributed by atoms with E-state index in [1.165, 1.54) is 12.1 Å². The predicted octanol–water partition coefficient (Wildman–Crippen LogP) is 3.27. The van der Waals surface area contributed by atoms with Crippen LogP contribution in [0.4, 0.5) is 8.78 Å². The van der Waals surface area contributed by atoms with E-state index < -0.39 is 17.6 Å². The van der Waals surface area contributed by atoms with Crippen molar-refractivity contribution in [1.82, 2.24) is 10.2 Å². The zero-order valence-corrected chi connectivity index (χ0v) is 17.2. The number of ether oxygens (including phenoxy) is 1. The summed E-state index contributed by atoms with van der Waals surface area (Å²) in [5.74, 6) is -2.45. The highest BCUT2D eigenvalue weighted by Gasteiger charge is 2.19. The zero-order valence-electron chi connectivity index (χ0n) is 17.2. The van der Waals surface area contributed by atoms with Crippen molar-refractivity contribution < 1.29 is 28.2 Å². The lowest BCUT2D eigenvalue weighted by molar-refractivity contribution is -0.136. The number of hydrogen-bond donors (Lipinski definition) is 2. The summed E-state index contributed by atoms with van der Waals surface area (Å²) in [6, 6.07) is 9.12. The number of hydrogen-bond acceptors (Lipinski definition) is 4. The van der Waals surface area contributed by atoms with E-state index in [1.54, 1.807) is 23.1 Å². The summed E-state index contributed by atoms with van der Waals surface area (Å²) in [4.78, 5) is 25.3. The summed E-state index contributed by atoms with van der Waals surface area (Å²) < 4.78 is 33.9. The number of carboxylic acids is 1. The van der Waals surface area contributed by atoms with Crippen LogP contribution in [0.25, 0.3) is 0 Å². The molecular weight excluding hydrogens is 406 g/mol. The molecule has 0 fully saturated rings. The number of halogens is 2. The van der Waals surface area contributed by atoms with Gasteiger partial charge in [-0.25, -0.2) is 8.78 Å². The van der Waals surface area contributed by atoms with E-state index in [-0.39, 0.29) is 37.5 Å². The standard InChI is InChI=1S/C23H26F2N2O4/c24-19-6-4-5-17(23(19)25)13-27-14-18-11-16(12-22(29)30)7-8-20(18)31-10-3-1-2-9-26-21(28)15-27/h4-8,11H,1-3,9-10,12-15H2,(H,26,28)(H,29,30). The molecule has 1 aliphatic heterocycles. The van der Waals surface area contributed by atoms with E-state index in [1.807, 2.05) is 0 Å². The Morgan fingerprint density at radius 2 is 1.97 bits per heavy atom. The van der Waals surface area contributed by atoms with Crippen molar-refractivity contribution in [2.75, 3.05) is 19.7 Å². The quantitative estimate of drug-likeness (QED) is 0.775. The van der Waals surface area contributed by atoms with Gasteiger partial charge in [0.2, 0.25) is 5.91 Å². The van der Waals surface area contributed by atoms with Crippen molar-refractivity contribution in [2.45, 2.75) is 38.8 Å². The molecule has 0 unspecified atom stereocenters. The summed E-state index contributed by atoms with van der Waals surface area (Å²) in [5.41, 5.74) is 1.43. The Bertz CT molecular complexity index is 936. The summed E-state index contributed by atoms with van der Waals surface area (Å²) in [6.07, 6.45) is 2.39. The van der Waals surface area contributed by atoms with Crippen molar-refractivity contribution in [3.05, 3.63) is 64.7 Å². The molecule has 0 radical (unpaired) electrons. The molecule has 31 heavy (non-hydrogen) atoms. The van der Waals surface area contributed by atoms with Crippen LogP contribution in [0.2, 0.25) is 0 Å². The van der Waals surface area contributed by atoms with Crippen LogP contribution in [0.3, 0.4) is 0 Å². The molecule has 0 spiro atoms. The fraction of sp³-hybridized carbons (Fsp3) is 0.391. The Kier molecular flexibility index (Phi) is 7.94. The lowest BCUT2D eigenvalue weighted by atomic mass is 10.1. The van der Waals surface area contributed by atoms with Crippen LogP contribution < -0.4 is 10.1 Å². The second kappa shape index (κ2) is 10.9. The van der Waals surface area contributed by atoms with Gasteiger partial charge in [0, 0.05) is 30.8 Å². The highest BCUT2D eigenvalue weighted by molar-refractivity contribution is 5.78. The first kappa shape index (κ1) is 22.7. The van der Waals surface area contributed by atoms with Gasteiger partial charge in [-0.1, -0.05) is 24.3 Å². The molecule has 0 saturated carbocycles. The van der Waals surface area contributed by atoms with Crippen LogP contribution in [0.1, 0.15) is 36.0 Å². The van der Waals surface area contributed by atoms with Crippen LogP contribution >= 0.6 is 0 Å². The fourth-order valence-corrected chi connectivity index (χ4v) is 3.57. The Morgan fingerprint density at radius 1 is 1.13 bits per heavy atom. The van der Waals surface area contributed by atoms with E-state index in [0.29, 0.717) is 30.0 Å². The number of amides is 1. The number of nitrogens with zero attached hydrogens (tertiary/aromatic N) is 1. The molecule has 1 amide bonds. The third kappa shape index (κ3) is 6.75. The lowest BCUT2D eigenvalue weighted by Gasteiger charge is -2.24. The number of benzene rings is 2. The molecule has 3 rings (SSSR count).